The Morgan fingerprint density at radius 2 is 1.81 bits per heavy atom. The Morgan fingerprint density at radius 3 is 2.50 bits per heavy atom. The van der Waals surface area contributed by atoms with Crippen molar-refractivity contribution < 1.29 is 28.7 Å². The lowest BCUT2D eigenvalue weighted by molar-refractivity contribution is -0.891. The van der Waals surface area contributed by atoms with Crippen LogP contribution in [0.2, 0.25) is 0 Å². The topological polar surface area (TPSA) is 72.8 Å². The predicted molar refractivity (Wildman–Crippen MR) is 123 cm³/mol. The number of ether oxygens (including phenoxy) is 2. The van der Waals surface area contributed by atoms with Crippen molar-refractivity contribution in [3.05, 3.63) is 35.9 Å². The van der Waals surface area contributed by atoms with Gasteiger partial charge >= 0.3 is 11.9 Å². The van der Waals surface area contributed by atoms with E-state index < -0.39 is 11.6 Å². The van der Waals surface area contributed by atoms with Crippen LogP contribution in [0.5, 0.6) is 0 Å². The zero-order chi connectivity index (χ0) is 23.0. The van der Waals surface area contributed by atoms with Crippen LogP contribution in [0.3, 0.4) is 0 Å². The van der Waals surface area contributed by atoms with Crippen LogP contribution >= 0.6 is 0 Å². The summed E-state index contributed by atoms with van der Waals surface area (Å²) in [4.78, 5) is 25.6. The van der Waals surface area contributed by atoms with Gasteiger partial charge in [0.2, 0.25) is 0 Å². The van der Waals surface area contributed by atoms with Gasteiger partial charge in [0.05, 0.1) is 20.2 Å². The summed E-state index contributed by atoms with van der Waals surface area (Å²) in [6.07, 6.45) is 8.37. The molecule has 2 fully saturated rings. The Labute approximate surface area is 192 Å². The van der Waals surface area contributed by atoms with E-state index in [9.17, 15) is 14.7 Å². The molecule has 32 heavy (non-hydrogen) atoms. The second kappa shape index (κ2) is 11.3. The Hall–Kier alpha value is -1.92. The van der Waals surface area contributed by atoms with Crippen LogP contribution in [-0.2, 0) is 24.7 Å². The number of rotatable bonds is 11. The summed E-state index contributed by atoms with van der Waals surface area (Å²) in [6.45, 7) is 4.22. The van der Waals surface area contributed by atoms with Gasteiger partial charge in [0, 0.05) is 12.3 Å². The Balaban J connectivity index is 1.56. The highest BCUT2D eigenvalue weighted by Crippen LogP contribution is 2.42. The molecule has 3 atom stereocenters. The molecular weight excluding hydrogens is 406 g/mol. The summed E-state index contributed by atoms with van der Waals surface area (Å²) >= 11 is 0. The predicted octanol–water partition coefficient (Wildman–Crippen LogP) is 3.95. The number of hydrogen-bond donors (Lipinski definition) is 1. The van der Waals surface area contributed by atoms with Gasteiger partial charge in [-0.1, -0.05) is 69.4 Å². The number of quaternary nitrogens is 1. The van der Waals surface area contributed by atoms with Crippen molar-refractivity contribution in [2.75, 3.05) is 33.3 Å². The Kier molecular flexibility index (Phi) is 8.72. The molecule has 3 rings (SSSR count). The first kappa shape index (κ1) is 24.7. The zero-order valence-electron chi connectivity index (χ0n) is 19.8. The van der Waals surface area contributed by atoms with Crippen molar-refractivity contribution >= 4 is 11.9 Å². The van der Waals surface area contributed by atoms with Gasteiger partial charge in [-0.15, -0.1) is 0 Å². The lowest BCUT2D eigenvalue weighted by Crippen LogP contribution is -2.48. The van der Waals surface area contributed by atoms with E-state index in [2.05, 4.69) is 6.92 Å². The molecule has 0 radical (unpaired) electrons. The minimum atomic E-state index is -1.61. The van der Waals surface area contributed by atoms with Gasteiger partial charge in [0.15, 0.2) is 18.2 Å². The maximum atomic E-state index is 13.3. The molecule has 0 aromatic heterocycles. The average Bonchev–Trinajstić information content (AvgIpc) is 3.44. The number of aliphatic hydroxyl groups is 1. The SMILES string of the molecule is CCCCCCOC(=O)C[N+]1(C)CCC(OC(=O)[C@](O)(c2ccccc2)C2CCCC2)C1. The first-order valence-electron chi connectivity index (χ1n) is 12.4. The number of carbonyl (C=O) groups excluding carboxylic acids is 2. The Morgan fingerprint density at radius 1 is 1.09 bits per heavy atom. The van der Waals surface area contributed by atoms with Crippen LogP contribution in [0.1, 0.15) is 70.3 Å². The monoisotopic (exact) mass is 446 g/mol. The molecule has 1 N–H and O–H groups in total. The van der Waals surface area contributed by atoms with Gasteiger partial charge in [-0.3, -0.25) is 0 Å². The quantitative estimate of drug-likeness (QED) is 0.317. The molecule has 2 aliphatic rings. The molecule has 6 heteroatoms. The van der Waals surface area contributed by atoms with E-state index in [-0.39, 0.29) is 24.5 Å². The molecule has 1 saturated carbocycles. The van der Waals surface area contributed by atoms with Gasteiger partial charge in [-0.05, 0) is 24.8 Å². The molecule has 0 amide bonds. The molecule has 1 heterocycles. The Bertz CT molecular complexity index is 748. The first-order valence-corrected chi connectivity index (χ1v) is 12.4. The number of nitrogens with zero attached hydrogens (tertiary/aromatic N) is 1. The fraction of sp³-hybridized carbons (Fsp3) is 0.692. The fourth-order valence-electron chi connectivity index (χ4n) is 5.24. The van der Waals surface area contributed by atoms with Gasteiger partial charge in [-0.2, -0.15) is 0 Å². The molecule has 178 valence electrons. The first-order chi connectivity index (χ1) is 15.4. The summed E-state index contributed by atoms with van der Waals surface area (Å²) in [5.74, 6) is -0.863. The van der Waals surface area contributed by atoms with E-state index in [1.807, 2.05) is 37.4 Å². The second-order valence-electron chi connectivity index (χ2n) is 9.89. The molecule has 2 unspecified atom stereocenters. The van der Waals surface area contributed by atoms with Crippen molar-refractivity contribution in [3.8, 4) is 0 Å². The van der Waals surface area contributed by atoms with Crippen LogP contribution in [0, 0.1) is 5.92 Å². The van der Waals surface area contributed by atoms with Gasteiger partial charge in [0.25, 0.3) is 0 Å². The highest BCUT2D eigenvalue weighted by Gasteiger charge is 2.50. The molecule has 0 spiro atoms. The van der Waals surface area contributed by atoms with Crippen LogP contribution in [0.15, 0.2) is 30.3 Å². The normalized spacial score (nSPS) is 25.4. The summed E-state index contributed by atoms with van der Waals surface area (Å²) in [7, 11) is 2.01. The molecule has 1 aromatic rings. The third-order valence-electron chi connectivity index (χ3n) is 7.15. The van der Waals surface area contributed by atoms with E-state index in [1.54, 1.807) is 0 Å². The molecule has 1 aromatic carbocycles. The van der Waals surface area contributed by atoms with Crippen molar-refractivity contribution in [2.24, 2.45) is 5.92 Å². The number of unbranched alkanes of at least 4 members (excludes halogenated alkanes) is 3. The van der Waals surface area contributed by atoms with E-state index >= 15 is 0 Å². The molecular formula is C26H40NO5+. The van der Waals surface area contributed by atoms with Crippen molar-refractivity contribution in [1.82, 2.24) is 0 Å². The van der Waals surface area contributed by atoms with E-state index in [0.717, 1.165) is 57.9 Å². The standard InChI is InChI=1S/C26H40NO5/c1-3-4-5-11-18-31-24(28)20-27(2)17-16-23(19-27)32-25(29)26(30,22-14-9-10-15-22)21-12-7-6-8-13-21/h6-8,12-13,22-23,30H,3-5,9-11,14-20H2,1-2H3/q+1/t23?,26-,27?/m0/s1. The number of benzene rings is 1. The van der Waals surface area contributed by atoms with Crippen LogP contribution < -0.4 is 0 Å². The highest BCUT2D eigenvalue weighted by molar-refractivity contribution is 5.81. The molecule has 1 aliphatic carbocycles. The minimum absolute atomic E-state index is 0.123. The third-order valence-corrected chi connectivity index (χ3v) is 7.15. The molecule has 0 bridgehead atoms. The van der Waals surface area contributed by atoms with Crippen LogP contribution in [0.4, 0.5) is 0 Å². The maximum absolute atomic E-state index is 13.3. The number of carbonyl (C=O) groups is 2. The summed E-state index contributed by atoms with van der Waals surface area (Å²) in [5, 5.41) is 11.6. The van der Waals surface area contributed by atoms with Crippen LogP contribution in [0.25, 0.3) is 0 Å². The lowest BCUT2D eigenvalue weighted by Gasteiger charge is -2.33. The van der Waals surface area contributed by atoms with E-state index in [0.29, 0.717) is 29.6 Å². The molecule has 1 aliphatic heterocycles. The average molecular weight is 447 g/mol. The lowest BCUT2D eigenvalue weighted by atomic mass is 9.80. The van der Waals surface area contributed by atoms with E-state index in [1.165, 1.54) is 0 Å². The largest absolute Gasteiger partial charge is 0.462 e. The van der Waals surface area contributed by atoms with Gasteiger partial charge < -0.3 is 19.1 Å². The van der Waals surface area contributed by atoms with Crippen molar-refractivity contribution in [3.63, 3.8) is 0 Å². The van der Waals surface area contributed by atoms with Gasteiger partial charge in [0.1, 0.15) is 6.54 Å². The summed E-state index contributed by atoms with van der Waals surface area (Å²) in [6, 6.07) is 9.20. The van der Waals surface area contributed by atoms with Crippen LogP contribution in [-0.4, -0.2) is 60.9 Å². The fourth-order valence-corrected chi connectivity index (χ4v) is 5.24. The minimum Gasteiger partial charge on any atom is -0.462 e. The number of esters is 2. The van der Waals surface area contributed by atoms with Crippen molar-refractivity contribution in [1.29, 1.82) is 0 Å². The molecule has 1 saturated heterocycles. The van der Waals surface area contributed by atoms with Gasteiger partial charge in [-0.25, -0.2) is 9.59 Å². The van der Waals surface area contributed by atoms with E-state index in [4.69, 9.17) is 9.47 Å². The summed E-state index contributed by atoms with van der Waals surface area (Å²) in [5.41, 5.74) is -1.000. The highest BCUT2D eigenvalue weighted by atomic mass is 16.6. The maximum Gasteiger partial charge on any atom is 0.361 e. The number of likely N-dealkylation sites (N-methyl/N-ethyl adjacent to an activating group) is 1. The molecule has 6 nitrogen and oxygen atoms in total. The number of hydrogen-bond acceptors (Lipinski definition) is 5. The number of likely N-dealkylation sites (tertiary alicyclic amines) is 1. The second-order valence-corrected chi connectivity index (χ2v) is 9.89. The van der Waals surface area contributed by atoms with Crippen molar-refractivity contribution in [2.45, 2.75) is 76.4 Å². The zero-order valence-corrected chi connectivity index (χ0v) is 19.8. The third kappa shape index (κ3) is 6.10. The smallest absolute Gasteiger partial charge is 0.361 e. The summed E-state index contributed by atoms with van der Waals surface area (Å²) < 4.78 is 11.8.